The van der Waals surface area contributed by atoms with Gasteiger partial charge in [-0.2, -0.15) is 0 Å². The lowest BCUT2D eigenvalue weighted by molar-refractivity contribution is 0.0710. The molecule has 1 aromatic rings. The van der Waals surface area contributed by atoms with Gasteiger partial charge in [-0.1, -0.05) is 77.3 Å². The third-order valence-electron chi connectivity index (χ3n) is 9.86. The predicted octanol–water partition coefficient (Wildman–Crippen LogP) is 9.85. The summed E-state index contributed by atoms with van der Waals surface area (Å²) < 4.78 is 14.3. The Bertz CT molecular complexity index is 686. The third kappa shape index (κ3) is 6.18. The van der Waals surface area contributed by atoms with Crippen LogP contribution in [0.15, 0.2) is 18.2 Å². The van der Waals surface area contributed by atoms with Crippen LogP contribution >= 0.6 is 0 Å². The summed E-state index contributed by atoms with van der Waals surface area (Å²) in [4.78, 5) is 0. The summed E-state index contributed by atoms with van der Waals surface area (Å²) in [7, 11) is 0. The van der Waals surface area contributed by atoms with Gasteiger partial charge in [0.2, 0.25) is 0 Å². The highest BCUT2D eigenvalue weighted by atomic mass is 19.1. The molecule has 0 aliphatic heterocycles. The molecule has 3 saturated carbocycles. The van der Waals surface area contributed by atoms with Crippen molar-refractivity contribution in [2.24, 2.45) is 29.6 Å². The Morgan fingerprint density at radius 3 is 2.09 bits per heavy atom. The van der Waals surface area contributed by atoms with E-state index in [2.05, 4.69) is 13.0 Å². The van der Waals surface area contributed by atoms with Gasteiger partial charge in [0, 0.05) is 0 Å². The summed E-state index contributed by atoms with van der Waals surface area (Å²) >= 11 is 0. The molecule has 0 radical (unpaired) electrons. The smallest absolute Gasteiger partial charge is 0.126 e. The molecule has 0 spiro atoms. The Hall–Kier alpha value is -0.850. The number of unbranched alkanes of at least 4 members (excludes halogenated alkanes) is 4. The third-order valence-corrected chi connectivity index (χ3v) is 9.86. The molecular formula is C31H49F. The molecule has 0 aromatic heterocycles. The number of hydrogen-bond donors (Lipinski definition) is 0. The standard InChI is InChI=1S/C31H49F/c1-3-5-6-7-8-9-23-10-12-25(13-11-23)26-16-17-28-21-29(19-18-27(28)20-26)30-15-14-24(4-2)31(32)22-30/h14-15,22-23,25-29H,3-13,16-21H2,1-2H3. The van der Waals surface area contributed by atoms with Crippen molar-refractivity contribution in [3.8, 4) is 0 Å². The topological polar surface area (TPSA) is 0 Å². The van der Waals surface area contributed by atoms with Crippen molar-refractivity contribution >= 4 is 0 Å². The van der Waals surface area contributed by atoms with Gasteiger partial charge in [-0.3, -0.25) is 0 Å². The minimum atomic E-state index is 0.0207. The molecule has 1 heteroatoms. The second-order valence-electron chi connectivity index (χ2n) is 11.8. The minimum absolute atomic E-state index is 0.0207. The van der Waals surface area contributed by atoms with Gasteiger partial charge >= 0.3 is 0 Å². The van der Waals surface area contributed by atoms with Crippen LogP contribution in [0.4, 0.5) is 4.39 Å². The minimum Gasteiger partial charge on any atom is -0.207 e. The van der Waals surface area contributed by atoms with Crippen LogP contribution < -0.4 is 0 Å². The molecule has 4 rings (SSSR count). The van der Waals surface area contributed by atoms with Crippen molar-refractivity contribution in [3.63, 3.8) is 0 Å². The van der Waals surface area contributed by atoms with Crippen molar-refractivity contribution in [1.29, 1.82) is 0 Å². The van der Waals surface area contributed by atoms with Crippen molar-refractivity contribution in [3.05, 3.63) is 35.1 Å². The zero-order valence-electron chi connectivity index (χ0n) is 21.1. The van der Waals surface area contributed by atoms with E-state index in [1.165, 1.54) is 108 Å². The molecule has 180 valence electrons. The summed E-state index contributed by atoms with van der Waals surface area (Å²) in [6, 6.07) is 6.12. The van der Waals surface area contributed by atoms with Crippen LogP contribution in [0.3, 0.4) is 0 Å². The lowest BCUT2D eigenvalue weighted by atomic mass is 9.60. The first-order chi connectivity index (χ1) is 15.7. The monoisotopic (exact) mass is 440 g/mol. The summed E-state index contributed by atoms with van der Waals surface area (Å²) in [6.07, 6.45) is 24.0. The van der Waals surface area contributed by atoms with E-state index in [0.717, 1.165) is 41.6 Å². The molecule has 3 fully saturated rings. The number of rotatable bonds is 9. The Morgan fingerprint density at radius 1 is 0.719 bits per heavy atom. The van der Waals surface area contributed by atoms with E-state index in [9.17, 15) is 4.39 Å². The Morgan fingerprint density at radius 2 is 1.38 bits per heavy atom. The van der Waals surface area contributed by atoms with Crippen LogP contribution in [-0.2, 0) is 6.42 Å². The van der Waals surface area contributed by atoms with Crippen LogP contribution in [-0.4, -0.2) is 0 Å². The second kappa shape index (κ2) is 12.0. The summed E-state index contributed by atoms with van der Waals surface area (Å²) in [5.41, 5.74) is 2.14. The molecule has 32 heavy (non-hydrogen) atoms. The fourth-order valence-electron chi connectivity index (χ4n) is 7.75. The molecule has 3 aliphatic rings. The molecule has 0 saturated heterocycles. The van der Waals surface area contributed by atoms with Crippen LogP contribution in [0, 0.1) is 35.4 Å². The van der Waals surface area contributed by atoms with E-state index in [0.29, 0.717) is 5.92 Å². The summed E-state index contributed by atoms with van der Waals surface area (Å²) in [5.74, 6) is 5.56. The van der Waals surface area contributed by atoms with Crippen LogP contribution in [0.5, 0.6) is 0 Å². The summed E-state index contributed by atoms with van der Waals surface area (Å²) in [5, 5.41) is 0. The van der Waals surface area contributed by atoms with Crippen molar-refractivity contribution < 1.29 is 4.39 Å². The second-order valence-corrected chi connectivity index (χ2v) is 11.8. The van der Waals surface area contributed by atoms with Crippen molar-refractivity contribution in [1.82, 2.24) is 0 Å². The molecule has 0 nitrogen and oxygen atoms in total. The largest absolute Gasteiger partial charge is 0.207 e. The first-order valence-electron chi connectivity index (χ1n) is 14.5. The maximum atomic E-state index is 14.3. The molecule has 4 atom stereocenters. The fourth-order valence-corrected chi connectivity index (χ4v) is 7.75. The van der Waals surface area contributed by atoms with Gasteiger partial charge in [0.1, 0.15) is 5.82 Å². The Balaban J connectivity index is 1.20. The first kappa shape index (κ1) is 24.3. The van der Waals surface area contributed by atoms with Gasteiger partial charge in [-0.05, 0) is 110 Å². The number of halogens is 1. The van der Waals surface area contributed by atoms with Gasteiger partial charge < -0.3 is 0 Å². The zero-order chi connectivity index (χ0) is 22.3. The predicted molar refractivity (Wildman–Crippen MR) is 136 cm³/mol. The molecule has 0 amide bonds. The fraction of sp³-hybridized carbons (Fsp3) is 0.806. The Labute approximate surface area is 198 Å². The van der Waals surface area contributed by atoms with Gasteiger partial charge in [-0.15, -0.1) is 0 Å². The molecule has 0 heterocycles. The maximum absolute atomic E-state index is 14.3. The van der Waals surface area contributed by atoms with Crippen molar-refractivity contribution in [2.45, 2.75) is 129 Å². The van der Waals surface area contributed by atoms with Crippen molar-refractivity contribution in [2.75, 3.05) is 0 Å². The average Bonchev–Trinajstić information content (AvgIpc) is 2.83. The lowest BCUT2D eigenvalue weighted by Crippen LogP contribution is -2.34. The normalized spacial score (nSPS) is 33.1. The van der Waals surface area contributed by atoms with E-state index < -0.39 is 0 Å². The SMILES string of the molecule is CCCCCCCC1CCC(C2CCC3CC(c4ccc(CC)c(F)c4)CCC3C2)CC1. The van der Waals surface area contributed by atoms with Gasteiger partial charge in [0.25, 0.3) is 0 Å². The molecule has 1 aromatic carbocycles. The Kier molecular flexibility index (Phi) is 9.13. The highest BCUT2D eigenvalue weighted by Crippen LogP contribution is 2.51. The molecule has 4 unspecified atom stereocenters. The number of benzene rings is 1. The van der Waals surface area contributed by atoms with E-state index in [1.54, 1.807) is 0 Å². The van der Waals surface area contributed by atoms with E-state index in [4.69, 9.17) is 0 Å². The van der Waals surface area contributed by atoms with E-state index in [-0.39, 0.29) is 5.82 Å². The van der Waals surface area contributed by atoms with Crippen LogP contribution in [0.25, 0.3) is 0 Å². The molecular weight excluding hydrogens is 391 g/mol. The average molecular weight is 441 g/mol. The maximum Gasteiger partial charge on any atom is 0.126 e. The molecule has 3 aliphatic carbocycles. The van der Waals surface area contributed by atoms with Gasteiger partial charge in [-0.25, -0.2) is 4.39 Å². The number of fused-ring (bicyclic) bond motifs is 1. The number of hydrogen-bond acceptors (Lipinski definition) is 0. The van der Waals surface area contributed by atoms with Gasteiger partial charge in [0.15, 0.2) is 0 Å². The quantitative estimate of drug-likeness (QED) is 0.335. The van der Waals surface area contributed by atoms with E-state index in [1.807, 2.05) is 19.1 Å². The number of aryl methyl sites for hydroxylation is 1. The van der Waals surface area contributed by atoms with Crippen LogP contribution in [0.1, 0.15) is 134 Å². The highest BCUT2D eigenvalue weighted by Gasteiger charge is 2.39. The first-order valence-corrected chi connectivity index (χ1v) is 14.5. The zero-order valence-corrected chi connectivity index (χ0v) is 21.1. The summed E-state index contributed by atoms with van der Waals surface area (Å²) in [6.45, 7) is 4.36. The van der Waals surface area contributed by atoms with Crippen LogP contribution in [0.2, 0.25) is 0 Å². The lowest BCUT2D eigenvalue weighted by Gasteiger charge is -2.45. The van der Waals surface area contributed by atoms with Gasteiger partial charge in [0.05, 0.1) is 0 Å². The highest BCUT2D eigenvalue weighted by molar-refractivity contribution is 5.27. The van der Waals surface area contributed by atoms with E-state index >= 15 is 0 Å². The molecule has 0 bridgehead atoms. The molecule has 0 N–H and O–H groups in total.